The molecule has 1 atom stereocenters. The van der Waals surface area contributed by atoms with Gasteiger partial charge in [-0.1, -0.05) is 12.1 Å². The van der Waals surface area contributed by atoms with E-state index in [2.05, 4.69) is 32.9 Å². The number of hydrogen-bond acceptors (Lipinski definition) is 3. The van der Waals surface area contributed by atoms with Crippen molar-refractivity contribution < 1.29 is 4.74 Å². The number of nitrogens with zero attached hydrogens (tertiary/aromatic N) is 4. The lowest BCUT2D eigenvalue weighted by Crippen LogP contribution is -2.36. The molecule has 1 heterocycles. The van der Waals surface area contributed by atoms with E-state index in [0.717, 1.165) is 31.3 Å². The van der Waals surface area contributed by atoms with Crippen LogP contribution in [0.5, 0.6) is 5.75 Å². The minimum atomic E-state index is 0. The van der Waals surface area contributed by atoms with Crippen LogP contribution in [0, 0.1) is 0 Å². The maximum Gasteiger partial charge on any atom is 0.195 e. The molecule has 1 aliphatic heterocycles. The van der Waals surface area contributed by atoms with Crippen LogP contribution >= 0.6 is 24.0 Å². The fraction of sp³-hybridized carbons (Fsp3) is 0.611. The molecule has 2 rings (SSSR count). The highest BCUT2D eigenvalue weighted by Crippen LogP contribution is 2.28. The lowest BCUT2D eigenvalue weighted by atomic mass is 10.1. The molecule has 1 aromatic rings. The number of ether oxygens (including phenoxy) is 1. The third kappa shape index (κ3) is 5.51. The van der Waals surface area contributed by atoms with E-state index in [1.807, 2.05) is 34.3 Å². The highest BCUT2D eigenvalue weighted by molar-refractivity contribution is 14.0. The summed E-state index contributed by atoms with van der Waals surface area (Å²) < 4.78 is 5.40. The van der Waals surface area contributed by atoms with Gasteiger partial charge in [-0.15, -0.1) is 24.0 Å². The molecule has 0 bridgehead atoms. The van der Waals surface area contributed by atoms with Gasteiger partial charge in [-0.2, -0.15) is 0 Å². The maximum absolute atomic E-state index is 5.40. The van der Waals surface area contributed by atoms with Crippen molar-refractivity contribution in [2.45, 2.75) is 18.9 Å². The van der Waals surface area contributed by atoms with Crippen LogP contribution in [-0.4, -0.2) is 75.6 Å². The first kappa shape index (κ1) is 21.0. The zero-order valence-corrected chi connectivity index (χ0v) is 17.9. The van der Waals surface area contributed by atoms with Gasteiger partial charge < -0.3 is 14.5 Å². The molecular weight excluding hydrogens is 415 g/mol. The predicted octanol–water partition coefficient (Wildman–Crippen LogP) is 2.93. The smallest absolute Gasteiger partial charge is 0.195 e. The number of hydrogen-bond donors (Lipinski definition) is 0. The number of halogens is 1. The Morgan fingerprint density at radius 1 is 1.17 bits per heavy atom. The number of likely N-dealkylation sites (tertiary alicyclic amines) is 1. The number of benzene rings is 1. The molecule has 0 amide bonds. The van der Waals surface area contributed by atoms with Crippen LogP contribution in [-0.2, 0) is 0 Å². The van der Waals surface area contributed by atoms with Gasteiger partial charge in [0.05, 0.1) is 19.7 Å². The number of guanidine groups is 1. The zero-order chi connectivity index (χ0) is 16.8. The van der Waals surface area contributed by atoms with Crippen LogP contribution in [0.3, 0.4) is 0 Å². The Hall–Kier alpha value is -1.02. The van der Waals surface area contributed by atoms with Crippen LogP contribution in [0.1, 0.15) is 24.4 Å². The second kappa shape index (κ2) is 10.1. The third-order valence-electron chi connectivity index (χ3n) is 4.27. The summed E-state index contributed by atoms with van der Waals surface area (Å²) in [5.74, 6) is 1.91. The Morgan fingerprint density at radius 3 is 2.33 bits per heavy atom. The van der Waals surface area contributed by atoms with Crippen LogP contribution in [0.4, 0.5) is 0 Å². The molecule has 0 aliphatic carbocycles. The molecular formula is C18H31IN4O. The van der Waals surface area contributed by atoms with Gasteiger partial charge in [-0.05, 0) is 43.6 Å². The van der Waals surface area contributed by atoms with Gasteiger partial charge in [0.2, 0.25) is 0 Å². The predicted molar refractivity (Wildman–Crippen MR) is 112 cm³/mol. The molecule has 0 aromatic heterocycles. The first-order valence-electron chi connectivity index (χ1n) is 8.30. The van der Waals surface area contributed by atoms with E-state index in [-0.39, 0.29) is 24.0 Å². The molecule has 0 spiro atoms. The zero-order valence-electron chi connectivity index (χ0n) is 15.5. The maximum atomic E-state index is 5.40. The summed E-state index contributed by atoms with van der Waals surface area (Å²) >= 11 is 0. The summed E-state index contributed by atoms with van der Waals surface area (Å²) in [6.45, 7) is 3.06. The second-order valence-corrected chi connectivity index (χ2v) is 6.47. The summed E-state index contributed by atoms with van der Waals surface area (Å²) in [5, 5.41) is 0. The third-order valence-corrected chi connectivity index (χ3v) is 4.27. The van der Waals surface area contributed by atoms with Crippen molar-refractivity contribution in [2.24, 2.45) is 4.99 Å². The van der Waals surface area contributed by atoms with Crippen molar-refractivity contribution in [3.8, 4) is 5.75 Å². The van der Waals surface area contributed by atoms with Crippen molar-refractivity contribution in [1.29, 1.82) is 0 Å². The van der Waals surface area contributed by atoms with Crippen molar-refractivity contribution in [2.75, 3.05) is 54.9 Å². The van der Waals surface area contributed by atoms with E-state index in [1.54, 1.807) is 7.11 Å². The molecule has 6 heteroatoms. The molecule has 0 saturated carbocycles. The molecule has 1 unspecified atom stereocenters. The van der Waals surface area contributed by atoms with Crippen LogP contribution in [0.15, 0.2) is 29.3 Å². The van der Waals surface area contributed by atoms with Crippen molar-refractivity contribution in [1.82, 2.24) is 14.7 Å². The SMILES string of the molecule is COc1cccc(C(CN=C(N(C)C)N(C)C)N2CCCC2)c1.I. The topological polar surface area (TPSA) is 31.3 Å². The van der Waals surface area contributed by atoms with E-state index >= 15 is 0 Å². The van der Waals surface area contributed by atoms with Crippen LogP contribution < -0.4 is 4.74 Å². The van der Waals surface area contributed by atoms with Crippen LogP contribution in [0.2, 0.25) is 0 Å². The van der Waals surface area contributed by atoms with Crippen LogP contribution in [0.25, 0.3) is 0 Å². The molecule has 1 aliphatic rings. The Morgan fingerprint density at radius 2 is 1.79 bits per heavy atom. The highest BCUT2D eigenvalue weighted by Gasteiger charge is 2.24. The first-order valence-corrected chi connectivity index (χ1v) is 8.30. The quantitative estimate of drug-likeness (QED) is 0.396. The monoisotopic (exact) mass is 446 g/mol. The molecule has 136 valence electrons. The van der Waals surface area contributed by atoms with E-state index in [9.17, 15) is 0 Å². The lowest BCUT2D eigenvalue weighted by molar-refractivity contribution is 0.250. The summed E-state index contributed by atoms with van der Waals surface area (Å²) in [7, 11) is 9.87. The van der Waals surface area contributed by atoms with Gasteiger partial charge in [0.1, 0.15) is 5.75 Å². The van der Waals surface area contributed by atoms with Crippen molar-refractivity contribution >= 4 is 29.9 Å². The average molecular weight is 446 g/mol. The van der Waals surface area contributed by atoms with Gasteiger partial charge in [-0.25, -0.2) is 0 Å². The molecule has 0 radical (unpaired) electrons. The number of methoxy groups -OCH3 is 1. The molecule has 1 fully saturated rings. The summed E-state index contributed by atoms with van der Waals surface area (Å²) in [6, 6.07) is 8.70. The number of aliphatic imine (C=N–C) groups is 1. The first-order chi connectivity index (χ1) is 11.0. The Balaban J connectivity index is 0.00000288. The molecule has 5 nitrogen and oxygen atoms in total. The molecule has 1 saturated heterocycles. The largest absolute Gasteiger partial charge is 0.497 e. The highest BCUT2D eigenvalue weighted by atomic mass is 127. The van der Waals surface area contributed by atoms with Gasteiger partial charge in [0, 0.05) is 28.2 Å². The minimum Gasteiger partial charge on any atom is -0.497 e. The number of rotatable bonds is 5. The Bertz CT molecular complexity index is 518. The van der Waals surface area contributed by atoms with E-state index in [4.69, 9.17) is 9.73 Å². The molecule has 1 aromatic carbocycles. The molecule has 0 N–H and O–H groups in total. The second-order valence-electron chi connectivity index (χ2n) is 6.47. The standard InChI is InChI=1S/C18H30N4O.HI/c1-20(2)18(21(3)4)19-14-17(22-11-6-7-12-22)15-9-8-10-16(13-15)23-5;/h8-10,13,17H,6-7,11-12,14H2,1-5H3;1H. The van der Waals surface area contributed by atoms with Gasteiger partial charge in [0.15, 0.2) is 5.96 Å². The lowest BCUT2D eigenvalue weighted by Gasteiger charge is -2.29. The van der Waals surface area contributed by atoms with Gasteiger partial charge in [0.25, 0.3) is 0 Å². The summed E-state index contributed by atoms with van der Waals surface area (Å²) in [4.78, 5) is 11.6. The van der Waals surface area contributed by atoms with E-state index in [1.165, 1.54) is 18.4 Å². The molecule has 24 heavy (non-hydrogen) atoms. The van der Waals surface area contributed by atoms with E-state index in [0.29, 0.717) is 6.04 Å². The fourth-order valence-electron chi connectivity index (χ4n) is 3.18. The summed E-state index contributed by atoms with van der Waals surface area (Å²) in [5.41, 5.74) is 1.28. The Labute approximate surface area is 163 Å². The fourth-order valence-corrected chi connectivity index (χ4v) is 3.18. The average Bonchev–Trinajstić information content (AvgIpc) is 3.04. The normalized spacial score (nSPS) is 15.4. The van der Waals surface area contributed by atoms with Gasteiger partial charge >= 0.3 is 0 Å². The van der Waals surface area contributed by atoms with Crippen molar-refractivity contribution in [3.63, 3.8) is 0 Å². The Kier molecular flexibility index (Phi) is 8.83. The minimum absolute atomic E-state index is 0. The van der Waals surface area contributed by atoms with Gasteiger partial charge in [-0.3, -0.25) is 9.89 Å². The van der Waals surface area contributed by atoms with Crippen molar-refractivity contribution in [3.05, 3.63) is 29.8 Å². The van der Waals surface area contributed by atoms with E-state index < -0.39 is 0 Å². The summed E-state index contributed by atoms with van der Waals surface area (Å²) in [6.07, 6.45) is 2.55.